The summed E-state index contributed by atoms with van der Waals surface area (Å²) in [5, 5.41) is 5.63. The summed E-state index contributed by atoms with van der Waals surface area (Å²) in [6.07, 6.45) is -1.84. The Kier molecular flexibility index (Phi) is 6.16. The van der Waals surface area contributed by atoms with Crippen molar-refractivity contribution in [3.8, 4) is 22.5 Å². The van der Waals surface area contributed by atoms with Gasteiger partial charge in [0.2, 0.25) is 0 Å². The summed E-state index contributed by atoms with van der Waals surface area (Å²) in [4.78, 5) is 0. The van der Waals surface area contributed by atoms with Gasteiger partial charge in [-0.2, -0.15) is 35.7 Å². The first-order chi connectivity index (χ1) is 17.8. The number of nitrogens with one attached hydrogen (secondary N) is 1. The van der Waals surface area contributed by atoms with Crippen LogP contribution in [0.1, 0.15) is 24.0 Å². The van der Waals surface area contributed by atoms with E-state index in [9.17, 15) is 21.6 Å². The Hall–Kier alpha value is -2.11. The van der Waals surface area contributed by atoms with Gasteiger partial charge >= 0.3 is 6.18 Å². The summed E-state index contributed by atoms with van der Waals surface area (Å²) in [5.41, 5.74) is 4.75. The molecule has 3 aliphatic rings. The molecule has 2 heterocycles. The maximum atomic E-state index is 13.1. The molecule has 1 saturated carbocycles. The Morgan fingerprint density at radius 3 is 2.37 bits per heavy atom. The highest BCUT2D eigenvalue weighted by Gasteiger charge is 2.60. The van der Waals surface area contributed by atoms with Crippen LogP contribution in [0.4, 0.5) is 13.2 Å². The fourth-order valence-corrected chi connectivity index (χ4v) is 8.54. The summed E-state index contributed by atoms with van der Waals surface area (Å²) in [6.45, 7) is -1.63. The lowest BCUT2D eigenvalue weighted by molar-refractivity contribution is -0.136. The maximum Gasteiger partial charge on any atom is 0.402 e. The van der Waals surface area contributed by atoms with E-state index in [4.69, 9.17) is 28.3 Å². The number of nitrogens with zero attached hydrogens (tertiary/aromatic N) is 3. The monoisotopic (exact) mass is 584 g/mol. The van der Waals surface area contributed by atoms with Crippen molar-refractivity contribution in [2.45, 2.75) is 37.4 Å². The molecule has 1 aliphatic heterocycles. The van der Waals surface area contributed by atoms with Crippen molar-refractivity contribution < 1.29 is 21.6 Å². The van der Waals surface area contributed by atoms with E-state index in [1.165, 1.54) is 0 Å². The van der Waals surface area contributed by atoms with E-state index in [1.807, 2.05) is 31.3 Å². The lowest BCUT2D eigenvalue weighted by Crippen LogP contribution is -2.52. The normalized spacial score (nSPS) is 26.6. The van der Waals surface area contributed by atoms with Crippen LogP contribution in [-0.4, -0.2) is 47.3 Å². The van der Waals surface area contributed by atoms with E-state index in [0.717, 1.165) is 46.5 Å². The third-order valence-corrected chi connectivity index (χ3v) is 10.6. The molecule has 0 amide bonds. The average molecular weight is 585 g/mol. The van der Waals surface area contributed by atoms with E-state index in [0.29, 0.717) is 27.2 Å². The van der Waals surface area contributed by atoms with E-state index >= 15 is 0 Å². The van der Waals surface area contributed by atoms with Gasteiger partial charge in [-0.1, -0.05) is 41.4 Å². The molecular formula is C26H25Cl2F3N4O2S. The highest BCUT2D eigenvalue weighted by atomic mass is 35.5. The lowest BCUT2D eigenvalue weighted by atomic mass is 9.79. The Labute approximate surface area is 228 Å². The molecule has 0 radical (unpaired) electrons. The summed E-state index contributed by atoms with van der Waals surface area (Å²) in [7, 11) is -2.36. The van der Waals surface area contributed by atoms with Crippen LogP contribution in [0.5, 0.6) is 0 Å². The minimum Gasteiger partial charge on any atom is -0.267 e. The molecule has 38 heavy (non-hydrogen) atoms. The minimum absolute atomic E-state index is 0.0660. The molecule has 2 fully saturated rings. The second-order valence-electron chi connectivity index (χ2n) is 10.6. The average Bonchev–Trinajstić information content (AvgIpc) is 3.40. The SMILES string of the molecule is Cn1nc(-c2ccc3c(c2)C[C@H]2CC[C@@H](C3)[C@]23CN(CC(F)(F)F)S(=O)(=O)N3)cc1-c1ccc(Cl)c(Cl)c1. The molecule has 6 nitrogen and oxygen atoms in total. The molecule has 2 aromatic carbocycles. The standard InChI is InChI=1S/C26H25Cl2F3N4O2S/c1-34-24(17-4-7-21(27)22(28)11-17)12-23(32-34)16-3-2-15-9-19-5-6-20(10-18(15)8-16)25(19)13-35(14-26(29,30)31)38(36,37)33-25/h2-4,7-8,11-12,19-20,33H,5-6,9-10,13-14H2,1H3/t19-,20+,25+/m0/s1. The summed E-state index contributed by atoms with van der Waals surface area (Å²) < 4.78 is 69.9. The van der Waals surface area contributed by atoms with Crippen LogP contribution < -0.4 is 4.72 Å². The second-order valence-corrected chi connectivity index (χ2v) is 13.0. The Morgan fingerprint density at radius 1 is 1.00 bits per heavy atom. The largest absolute Gasteiger partial charge is 0.402 e. The smallest absolute Gasteiger partial charge is 0.267 e. The third-order valence-electron chi connectivity index (χ3n) is 8.30. The summed E-state index contributed by atoms with van der Waals surface area (Å²) in [6, 6.07) is 13.5. The molecule has 1 spiro atoms. The number of halogens is 5. The van der Waals surface area contributed by atoms with E-state index < -0.39 is 28.5 Å². The Morgan fingerprint density at radius 2 is 1.68 bits per heavy atom. The zero-order valence-corrected chi connectivity index (χ0v) is 22.7. The Bertz CT molecular complexity index is 1540. The van der Waals surface area contributed by atoms with Crippen molar-refractivity contribution in [2.75, 3.05) is 13.1 Å². The second kappa shape index (κ2) is 8.96. The van der Waals surface area contributed by atoms with Crippen LogP contribution in [0.25, 0.3) is 22.5 Å². The van der Waals surface area contributed by atoms with E-state index in [2.05, 4.69) is 10.8 Å². The number of hydrogen-bond donors (Lipinski definition) is 1. The van der Waals surface area contributed by atoms with Crippen LogP contribution in [0, 0.1) is 11.8 Å². The summed E-state index contributed by atoms with van der Waals surface area (Å²) in [5.74, 6) is -0.156. The number of aryl methyl sites for hydroxylation is 1. The number of fused-ring (bicyclic) bond motifs is 1. The predicted octanol–water partition coefficient (Wildman–Crippen LogP) is 5.64. The maximum absolute atomic E-state index is 13.1. The lowest BCUT2D eigenvalue weighted by Gasteiger charge is -2.33. The topological polar surface area (TPSA) is 67.2 Å². The molecule has 6 rings (SSSR count). The van der Waals surface area contributed by atoms with Gasteiger partial charge in [0, 0.05) is 24.7 Å². The van der Waals surface area contributed by atoms with Gasteiger partial charge in [-0.25, -0.2) is 0 Å². The quantitative estimate of drug-likeness (QED) is 0.433. The van der Waals surface area contributed by atoms with Gasteiger partial charge in [0.1, 0.15) is 6.54 Å². The number of aromatic nitrogens is 2. The van der Waals surface area contributed by atoms with Crippen molar-refractivity contribution >= 4 is 33.4 Å². The first-order valence-electron chi connectivity index (χ1n) is 12.3. The third kappa shape index (κ3) is 4.44. The zero-order valence-electron chi connectivity index (χ0n) is 20.4. The van der Waals surface area contributed by atoms with Crippen molar-refractivity contribution in [3.63, 3.8) is 0 Å². The minimum atomic E-state index is -4.60. The van der Waals surface area contributed by atoms with Gasteiger partial charge in [0.05, 0.1) is 27.0 Å². The zero-order chi connectivity index (χ0) is 27.0. The molecule has 1 N–H and O–H groups in total. The molecule has 2 bridgehead atoms. The van der Waals surface area contributed by atoms with Gasteiger partial charge in [-0.05, 0) is 72.9 Å². The first-order valence-corrected chi connectivity index (χ1v) is 14.5. The number of alkyl halides is 3. The highest BCUT2D eigenvalue weighted by Crippen LogP contribution is 2.51. The van der Waals surface area contributed by atoms with Crippen molar-refractivity contribution in [1.82, 2.24) is 18.8 Å². The van der Waals surface area contributed by atoms with Crippen LogP contribution in [0.2, 0.25) is 10.0 Å². The molecule has 3 aromatic rings. The molecule has 1 saturated heterocycles. The molecule has 2 aliphatic carbocycles. The fraction of sp³-hybridized carbons (Fsp3) is 0.423. The van der Waals surface area contributed by atoms with E-state index in [-0.39, 0.29) is 18.4 Å². The van der Waals surface area contributed by atoms with Gasteiger partial charge in [-0.15, -0.1) is 0 Å². The molecular weight excluding hydrogens is 560 g/mol. The first kappa shape index (κ1) is 26.1. The van der Waals surface area contributed by atoms with Crippen LogP contribution in [-0.2, 0) is 30.1 Å². The fourth-order valence-electron chi connectivity index (χ4n) is 6.54. The van der Waals surface area contributed by atoms with Crippen LogP contribution in [0.15, 0.2) is 42.5 Å². The molecule has 0 unspecified atom stereocenters. The van der Waals surface area contributed by atoms with Crippen molar-refractivity contribution in [3.05, 3.63) is 63.6 Å². The van der Waals surface area contributed by atoms with Crippen molar-refractivity contribution in [1.29, 1.82) is 0 Å². The number of hydrogen-bond acceptors (Lipinski definition) is 3. The van der Waals surface area contributed by atoms with Gasteiger partial charge in [0.25, 0.3) is 10.2 Å². The van der Waals surface area contributed by atoms with Crippen LogP contribution >= 0.6 is 23.2 Å². The predicted molar refractivity (Wildman–Crippen MR) is 140 cm³/mol. The van der Waals surface area contributed by atoms with Gasteiger partial charge in [0.15, 0.2) is 0 Å². The van der Waals surface area contributed by atoms with Crippen molar-refractivity contribution in [2.24, 2.45) is 18.9 Å². The van der Waals surface area contributed by atoms with E-state index in [1.54, 1.807) is 16.8 Å². The molecule has 202 valence electrons. The summed E-state index contributed by atoms with van der Waals surface area (Å²) >= 11 is 12.3. The van der Waals surface area contributed by atoms with Crippen LogP contribution in [0.3, 0.4) is 0 Å². The Balaban J connectivity index is 1.31. The molecule has 1 aromatic heterocycles. The van der Waals surface area contributed by atoms with Gasteiger partial charge < -0.3 is 0 Å². The molecule has 12 heteroatoms. The number of rotatable bonds is 3. The highest BCUT2D eigenvalue weighted by molar-refractivity contribution is 7.87. The number of benzene rings is 2. The van der Waals surface area contributed by atoms with Gasteiger partial charge in [-0.3, -0.25) is 4.68 Å². The molecule has 3 atom stereocenters.